The SMILES string of the molecule is NCC1CCCC1C(=O)Nc1ccc(O)cc1C(=O)O. The molecule has 1 saturated carbocycles. The first-order valence-electron chi connectivity index (χ1n) is 6.60. The van der Waals surface area contributed by atoms with Gasteiger partial charge in [-0.25, -0.2) is 4.79 Å². The number of anilines is 1. The van der Waals surface area contributed by atoms with Crippen LogP contribution in [-0.2, 0) is 4.79 Å². The highest BCUT2D eigenvalue weighted by Crippen LogP contribution is 2.32. The third kappa shape index (κ3) is 2.91. The Morgan fingerprint density at radius 3 is 2.75 bits per heavy atom. The molecule has 0 heterocycles. The van der Waals surface area contributed by atoms with Crippen LogP contribution in [0, 0.1) is 11.8 Å². The number of hydrogen-bond donors (Lipinski definition) is 4. The van der Waals surface area contributed by atoms with E-state index in [9.17, 15) is 14.7 Å². The molecular formula is C14H18N2O4. The Morgan fingerprint density at radius 1 is 1.35 bits per heavy atom. The van der Waals surface area contributed by atoms with E-state index in [2.05, 4.69) is 5.32 Å². The van der Waals surface area contributed by atoms with Crippen LogP contribution in [0.1, 0.15) is 29.6 Å². The zero-order valence-electron chi connectivity index (χ0n) is 11.0. The molecule has 2 atom stereocenters. The molecule has 6 nitrogen and oxygen atoms in total. The Bertz CT molecular complexity index is 530. The monoisotopic (exact) mass is 278 g/mol. The molecule has 2 rings (SSSR count). The summed E-state index contributed by atoms with van der Waals surface area (Å²) in [7, 11) is 0. The van der Waals surface area contributed by atoms with Crippen molar-refractivity contribution in [1.82, 2.24) is 0 Å². The summed E-state index contributed by atoms with van der Waals surface area (Å²) in [5, 5.41) is 21.0. The maximum Gasteiger partial charge on any atom is 0.337 e. The number of phenols is 1. The summed E-state index contributed by atoms with van der Waals surface area (Å²) in [4.78, 5) is 23.3. The lowest BCUT2D eigenvalue weighted by Gasteiger charge is -2.18. The lowest BCUT2D eigenvalue weighted by atomic mass is 9.95. The number of carboxylic acid groups (broad SMARTS) is 1. The number of rotatable bonds is 4. The predicted molar refractivity (Wildman–Crippen MR) is 73.6 cm³/mol. The number of carbonyl (C=O) groups excluding carboxylic acids is 1. The summed E-state index contributed by atoms with van der Waals surface area (Å²) in [5.74, 6) is -1.57. The van der Waals surface area contributed by atoms with Gasteiger partial charge >= 0.3 is 5.97 Å². The van der Waals surface area contributed by atoms with E-state index in [1.165, 1.54) is 12.1 Å². The quantitative estimate of drug-likeness (QED) is 0.622. The van der Waals surface area contributed by atoms with Gasteiger partial charge in [-0.05, 0) is 43.5 Å². The van der Waals surface area contributed by atoms with Crippen molar-refractivity contribution >= 4 is 17.6 Å². The Kier molecular flexibility index (Phi) is 4.24. The molecule has 2 unspecified atom stereocenters. The maximum absolute atomic E-state index is 12.2. The lowest BCUT2D eigenvalue weighted by molar-refractivity contribution is -0.120. The number of carboxylic acids is 1. The van der Waals surface area contributed by atoms with Crippen LogP contribution >= 0.6 is 0 Å². The van der Waals surface area contributed by atoms with Gasteiger partial charge in [0.25, 0.3) is 0 Å². The van der Waals surface area contributed by atoms with Gasteiger partial charge in [-0.1, -0.05) is 6.42 Å². The molecule has 1 aromatic carbocycles. The molecule has 0 aliphatic heterocycles. The average Bonchev–Trinajstić information content (AvgIpc) is 2.89. The van der Waals surface area contributed by atoms with Gasteiger partial charge in [0.1, 0.15) is 5.75 Å². The summed E-state index contributed by atoms with van der Waals surface area (Å²) >= 11 is 0. The molecule has 1 aliphatic rings. The Morgan fingerprint density at radius 2 is 2.10 bits per heavy atom. The van der Waals surface area contributed by atoms with E-state index >= 15 is 0 Å². The topological polar surface area (TPSA) is 113 Å². The second-order valence-electron chi connectivity index (χ2n) is 5.06. The van der Waals surface area contributed by atoms with Crippen molar-refractivity contribution in [2.75, 3.05) is 11.9 Å². The standard InChI is InChI=1S/C14H18N2O4/c15-7-8-2-1-3-10(8)13(18)16-12-5-4-9(17)6-11(12)14(19)20/h4-6,8,10,17H,1-3,7,15H2,(H,16,18)(H,19,20). The molecule has 0 bridgehead atoms. The minimum Gasteiger partial charge on any atom is -0.508 e. The molecule has 0 saturated heterocycles. The number of phenolic OH excluding ortho intramolecular Hbond substituents is 1. The van der Waals surface area contributed by atoms with E-state index in [4.69, 9.17) is 10.8 Å². The van der Waals surface area contributed by atoms with Crippen molar-refractivity contribution in [2.24, 2.45) is 17.6 Å². The van der Waals surface area contributed by atoms with Crippen molar-refractivity contribution in [3.63, 3.8) is 0 Å². The van der Waals surface area contributed by atoms with Crippen LogP contribution in [-0.4, -0.2) is 28.6 Å². The Balaban J connectivity index is 2.17. The van der Waals surface area contributed by atoms with Crippen molar-refractivity contribution in [3.05, 3.63) is 23.8 Å². The summed E-state index contributed by atoms with van der Waals surface area (Å²) in [6, 6.07) is 3.85. The van der Waals surface area contributed by atoms with Crippen molar-refractivity contribution in [2.45, 2.75) is 19.3 Å². The molecule has 1 amide bonds. The fourth-order valence-corrected chi connectivity index (χ4v) is 2.71. The zero-order chi connectivity index (χ0) is 14.7. The molecule has 1 aromatic rings. The summed E-state index contributed by atoms with van der Waals surface area (Å²) in [6.45, 7) is 0.458. The van der Waals surface area contributed by atoms with Gasteiger partial charge in [0, 0.05) is 5.92 Å². The normalized spacial score (nSPS) is 21.6. The minimum absolute atomic E-state index is 0.124. The summed E-state index contributed by atoms with van der Waals surface area (Å²) < 4.78 is 0. The smallest absolute Gasteiger partial charge is 0.337 e. The highest BCUT2D eigenvalue weighted by atomic mass is 16.4. The van der Waals surface area contributed by atoms with Gasteiger partial charge in [-0.15, -0.1) is 0 Å². The van der Waals surface area contributed by atoms with Crippen LogP contribution in [0.4, 0.5) is 5.69 Å². The van der Waals surface area contributed by atoms with Crippen LogP contribution < -0.4 is 11.1 Å². The summed E-state index contributed by atoms with van der Waals surface area (Å²) in [6.07, 6.45) is 2.66. The van der Waals surface area contributed by atoms with E-state index in [1.807, 2.05) is 0 Å². The molecule has 0 radical (unpaired) electrons. The predicted octanol–water partition coefficient (Wildman–Crippen LogP) is 1.40. The number of aromatic hydroxyl groups is 1. The molecule has 108 valence electrons. The number of benzene rings is 1. The van der Waals surface area contributed by atoms with E-state index in [1.54, 1.807) is 0 Å². The molecule has 5 N–H and O–H groups in total. The number of nitrogens with two attached hydrogens (primary N) is 1. The first-order chi connectivity index (χ1) is 9.52. The third-order valence-electron chi connectivity index (χ3n) is 3.79. The fourth-order valence-electron chi connectivity index (χ4n) is 2.71. The first kappa shape index (κ1) is 14.3. The largest absolute Gasteiger partial charge is 0.508 e. The van der Waals surface area contributed by atoms with E-state index in [0.29, 0.717) is 6.54 Å². The van der Waals surface area contributed by atoms with Crippen molar-refractivity contribution in [3.8, 4) is 5.75 Å². The van der Waals surface area contributed by atoms with Crippen LogP contribution in [0.5, 0.6) is 5.75 Å². The molecule has 20 heavy (non-hydrogen) atoms. The highest BCUT2D eigenvalue weighted by Gasteiger charge is 2.32. The number of nitrogens with one attached hydrogen (secondary N) is 1. The number of aromatic carboxylic acids is 1. The zero-order valence-corrected chi connectivity index (χ0v) is 11.0. The van der Waals surface area contributed by atoms with Crippen LogP contribution in [0.15, 0.2) is 18.2 Å². The summed E-state index contributed by atoms with van der Waals surface area (Å²) in [5.41, 5.74) is 5.72. The van der Waals surface area contributed by atoms with Crippen molar-refractivity contribution < 1.29 is 19.8 Å². The van der Waals surface area contributed by atoms with Crippen LogP contribution in [0.25, 0.3) is 0 Å². The Hall–Kier alpha value is -2.08. The average molecular weight is 278 g/mol. The second-order valence-corrected chi connectivity index (χ2v) is 5.06. The van der Waals surface area contributed by atoms with Gasteiger partial charge in [0.15, 0.2) is 0 Å². The van der Waals surface area contributed by atoms with Gasteiger partial charge in [-0.3, -0.25) is 4.79 Å². The van der Waals surface area contributed by atoms with Gasteiger partial charge in [-0.2, -0.15) is 0 Å². The molecule has 1 fully saturated rings. The third-order valence-corrected chi connectivity index (χ3v) is 3.79. The number of carbonyl (C=O) groups is 2. The van der Waals surface area contributed by atoms with E-state index in [0.717, 1.165) is 25.3 Å². The van der Waals surface area contributed by atoms with Gasteiger partial charge in [0.05, 0.1) is 11.3 Å². The lowest BCUT2D eigenvalue weighted by Crippen LogP contribution is -2.30. The molecular weight excluding hydrogens is 260 g/mol. The Labute approximate surface area is 116 Å². The van der Waals surface area contributed by atoms with E-state index in [-0.39, 0.29) is 34.7 Å². The molecule has 0 spiro atoms. The maximum atomic E-state index is 12.2. The highest BCUT2D eigenvalue weighted by molar-refractivity contribution is 6.01. The van der Waals surface area contributed by atoms with Gasteiger partial charge in [0.2, 0.25) is 5.91 Å². The van der Waals surface area contributed by atoms with Crippen LogP contribution in [0.2, 0.25) is 0 Å². The van der Waals surface area contributed by atoms with Crippen molar-refractivity contribution in [1.29, 1.82) is 0 Å². The second kappa shape index (κ2) is 5.92. The van der Waals surface area contributed by atoms with Gasteiger partial charge < -0.3 is 21.3 Å². The fraction of sp³-hybridized carbons (Fsp3) is 0.429. The van der Waals surface area contributed by atoms with E-state index < -0.39 is 5.97 Å². The first-order valence-corrected chi connectivity index (χ1v) is 6.60. The number of hydrogen-bond acceptors (Lipinski definition) is 4. The molecule has 0 aromatic heterocycles. The number of amides is 1. The molecule has 6 heteroatoms. The minimum atomic E-state index is -1.20. The molecule has 1 aliphatic carbocycles. The van der Waals surface area contributed by atoms with Crippen LogP contribution in [0.3, 0.4) is 0 Å².